The molecule has 0 amide bonds. The lowest BCUT2D eigenvalue weighted by atomic mass is 10.1. The molecule has 6 heteroatoms. The monoisotopic (exact) mass is 338 g/mol. The number of thioether (sulfide) groups is 2. The van der Waals surface area contributed by atoms with Crippen LogP contribution in [0.15, 0.2) is 21.2 Å². The third-order valence-corrected chi connectivity index (χ3v) is 6.26. The van der Waals surface area contributed by atoms with Crippen molar-refractivity contribution in [3.05, 3.63) is 21.2 Å². The number of nitrogens with zero attached hydrogens (tertiary/aromatic N) is 2. The second kappa shape index (κ2) is 6.71. The summed E-state index contributed by atoms with van der Waals surface area (Å²) in [5.41, 5.74) is 1.35. The fraction of sp³-hybridized carbons (Fsp3) is 0.625. The smallest absolute Gasteiger partial charge is 0.218 e. The molecule has 120 valence electrons. The maximum atomic E-state index is 13.0. The van der Waals surface area contributed by atoms with Gasteiger partial charge in [0, 0.05) is 26.2 Å². The van der Waals surface area contributed by atoms with Gasteiger partial charge in [-0.25, -0.2) is 0 Å². The summed E-state index contributed by atoms with van der Waals surface area (Å²) in [6.07, 6.45) is 2.01. The van der Waals surface area contributed by atoms with E-state index in [1.807, 2.05) is 9.80 Å². The summed E-state index contributed by atoms with van der Waals surface area (Å²) < 4.78 is 0. The van der Waals surface area contributed by atoms with E-state index in [-0.39, 0.29) is 11.6 Å². The SMILES string of the molecule is CCCSC1=C(N2CC2)C(=O)C(SCCC)=C(N2CC2)C1=O. The molecule has 3 rings (SSSR count). The Morgan fingerprint density at radius 2 is 1.14 bits per heavy atom. The highest BCUT2D eigenvalue weighted by Gasteiger charge is 2.43. The fourth-order valence-corrected chi connectivity index (χ4v) is 4.42. The molecule has 0 saturated carbocycles. The van der Waals surface area contributed by atoms with Crippen LogP contribution >= 0.6 is 23.5 Å². The predicted molar refractivity (Wildman–Crippen MR) is 92.7 cm³/mol. The fourth-order valence-electron chi connectivity index (χ4n) is 2.43. The molecule has 2 heterocycles. The lowest BCUT2D eigenvalue weighted by Gasteiger charge is -2.24. The minimum Gasteiger partial charge on any atom is -0.364 e. The van der Waals surface area contributed by atoms with E-state index in [2.05, 4.69) is 13.8 Å². The standard InChI is InChI=1S/C16H22N2O2S2/c1-3-9-21-15-11(17-5-6-17)14(20)16(22-10-4-2)12(13(15)19)18-7-8-18/h3-10H2,1-2H3. The first kappa shape index (κ1) is 16.0. The van der Waals surface area contributed by atoms with Crippen LogP contribution < -0.4 is 0 Å². The van der Waals surface area contributed by atoms with Gasteiger partial charge in [-0.15, -0.1) is 23.5 Å². The van der Waals surface area contributed by atoms with Crippen molar-refractivity contribution in [3.63, 3.8) is 0 Å². The summed E-state index contributed by atoms with van der Waals surface area (Å²) >= 11 is 3.12. The molecule has 22 heavy (non-hydrogen) atoms. The highest BCUT2D eigenvalue weighted by atomic mass is 32.2. The number of Topliss-reactive ketones (excluding diaryl/α,β-unsaturated/α-hetero) is 2. The third-order valence-electron chi connectivity index (χ3n) is 3.70. The van der Waals surface area contributed by atoms with Gasteiger partial charge in [-0.1, -0.05) is 13.8 Å². The summed E-state index contributed by atoms with van der Waals surface area (Å²) in [5, 5.41) is 0. The Morgan fingerprint density at radius 3 is 1.41 bits per heavy atom. The van der Waals surface area contributed by atoms with E-state index in [4.69, 9.17) is 0 Å². The molecule has 0 atom stereocenters. The summed E-state index contributed by atoms with van der Waals surface area (Å²) in [6.45, 7) is 7.79. The number of ketones is 2. The van der Waals surface area contributed by atoms with Gasteiger partial charge in [0.2, 0.25) is 11.6 Å². The Kier molecular flexibility index (Phi) is 4.88. The topological polar surface area (TPSA) is 40.2 Å². The van der Waals surface area contributed by atoms with Crippen LogP contribution in [0.2, 0.25) is 0 Å². The van der Waals surface area contributed by atoms with Crippen molar-refractivity contribution in [3.8, 4) is 0 Å². The van der Waals surface area contributed by atoms with Crippen LogP contribution in [0.1, 0.15) is 26.7 Å². The van der Waals surface area contributed by atoms with Gasteiger partial charge in [0.25, 0.3) is 0 Å². The van der Waals surface area contributed by atoms with Crippen molar-refractivity contribution in [2.75, 3.05) is 37.7 Å². The zero-order chi connectivity index (χ0) is 15.7. The molecule has 2 saturated heterocycles. The molecule has 0 aromatic carbocycles. The lowest BCUT2D eigenvalue weighted by Crippen LogP contribution is -2.28. The predicted octanol–water partition coefficient (Wildman–Crippen LogP) is 2.48. The minimum atomic E-state index is 0.0797. The Hall–Kier alpha value is -0.880. The summed E-state index contributed by atoms with van der Waals surface area (Å²) in [6, 6.07) is 0. The molecular formula is C16H22N2O2S2. The van der Waals surface area contributed by atoms with Crippen LogP contribution in [-0.2, 0) is 9.59 Å². The lowest BCUT2D eigenvalue weighted by molar-refractivity contribution is -0.116. The van der Waals surface area contributed by atoms with Crippen molar-refractivity contribution >= 4 is 35.1 Å². The molecule has 2 aliphatic heterocycles. The molecule has 0 radical (unpaired) electrons. The minimum absolute atomic E-state index is 0.0797. The normalized spacial score (nSPS) is 21.2. The second-order valence-electron chi connectivity index (χ2n) is 5.68. The van der Waals surface area contributed by atoms with Gasteiger partial charge in [0.05, 0.1) is 9.81 Å². The van der Waals surface area contributed by atoms with Crippen molar-refractivity contribution < 1.29 is 9.59 Å². The molecule has 0 aromatic heterocycles. The molecule has 0 aromatic rings. The molecule has 0 unspecified atom stereocenters. The third kappa shape index (κ3) is 3.08. The van der Waals surface area contributed by atoms with Gasteiger partial charge >= 0.3 is 0 Å². The van der Waals surface area contributed by atoms with Gasteiger partial charge in [0.15, 0.2) is 0 Å². The average Bonchev–Trinajstić information content (AvgIpc) is 3.37. The first-order chi connectivity index (χ1) is 10.7. The van der Waals surface area contributed by atoms with E-state index >= 15 is 0 Å². The number of rotatable bonds is 8. The van der Waals surface area contributed by atoms with Crippen molar-refractivity contribution in [2.45, 2.75) is 26.7 Å². The summed E-state index contributed by atoms with van der Waals surface area (Å²) in [5.74, 6) is 1.93. The second-order valence-corrected chi connectivity index (χ2v) is 7.90. The quantitative estimate of drug-likeness (QED) is 0.500. The van der Waals surface area contributed by atoms with Gasteiger partial charge in [0.1, 0.15) is 11.4 Å². The van der Waals surface area contributed by atoms with Crippen LogP contribution in [0.25, 0.3) is 0 Å². The zero-order valence-electron chi connectivity index (χ0n) is 13.2. The van der Waals surface area contributed by atoms with Crippen LogP contribution in [0.4, 0.5) is 0 Å². The molecule has 0 N–H and O–H groups in total. The van der Waals surface area contributed by atoms with Crippen LogP contribution in [0.3, 0.4) is 0 Å². The molecule has 0 bridgehead atoms. The Morgan fingerprint density at radius 1 is 0.773 bits per heavy atom. The largest absolute Gasteiger partial charge is 0.364 e. The summed E-state index contributed by atoms with van der Waals surface area (Å²) in [4.78, 5) is 31.5. The molecule has 2 fully saturated rings. The van der Waals surface area contributed by atoms with Gasteiger partial charge in [-0.3, -0.25) is 9.59 Å². The van der Waals surface area contributed by atoms with E-state index < -0.39 is 0 Å². The molecule has 3 aliphatic rings. The van der Waals surface area contributed by atoms with Gasteiger partial charge in [-0.2, -0.15) is 0 Å². The van der Waals surface area contributed by atoms with Crippen molar-refractivity contribution in [1.82, 2.24) is 9.80 Å². The zero-order valence-corrected chi connectivity index (χ0v) is 14.8. The average molecular weight is 338 g/mol. The Labute approximate surface area is 140 Å². The first-order valence-corrected chi connectivity index (χ1v) is 9.99. The van der Waals surface area contributed by atoms with Crippen molar-refractivity contribution in [1.29, 1.82) is 0 Å². The molecule has 4 nitrogen and oxygen atoms in total. The van der Waals surface area contributed by atoms with Gasteiger partial charge in [-0.05, 0) is 24.3 Å². The number of allylic oxidation sites excluding steroid dienone is 2. The maximum absolute atomic E-state index is 13.0. The van der Waals surface area contributed by atoms with E-state index in [1.165, 1.54) is 0 Å². The highest BCUT2D eigenvalue weighted by Crippen LogP contribution is 2.42. The number of hydrogen-bond acceptors (Lipinski definition) is 6. The van der Waals surface area contributed by atoms with Crippen LogP contribution in [0, 0.1) is 0 Å². The van der Waals surface area contributed by atoms with E-state index in [0.717, 1.165) is 50.5 Å². The van der Waals surface area contributed by atoms with Crippen LogP contribution in [-0.4, -0.2) is 59.1 Å². The number of carbonyl (C=O) groups is 2. The van der Waals surface area contributed by atoms with E-state index in [1.54, 1.807) is 23.5 Å². The van der Waals surface area contributed by atoms with Gasteiger partial charge < -0.3 is 9.80 Å². The number of carbonyl (C=O) groups excluding carboxylic acids is 2. The molecule has 0 spiro atoms. The Balaban J connectivity index is 1.96. The molecular weight excluding hydrogens is 316 g/mol. The number of hydrogen-bond donors (Lipinski definition) is 0. The van der Waals surface area contributed by atoms with E-state index in [9.17, 15) is 9.59 Å². The maximum Gasteiger partial charge on any atom is 0.218 e. The first-order valence-electron chi connectivity index (χ1n) is 8.02. The van der Waals surface area contributed by atoms with E-state index in [0.29, 0.717) is 21.2 Å². The van der Waals surface area contributed by atoms with Crippen molar-refractivity contribution in [2.24, 2.45) is 0 Å². The van der Waals surface area contributed by atoms with Crippen LogP contribution in [0.5, 0.6) is 0 Å². The highest BCUT2D eigenvalue weighted by molar-refractivity contribution is 8.05. The Bertz CT molecular complexity index is 510. The summed E-state index contributed by atoms with van der Waals surface area (Å²) in [7, 11) is 0. The molecule has 1 aliphatic carbocycles.